The quantitative estimate of drug-likeness (QED) is 0.600. The molecule has 1 rings (SSSR count). The fraction of sp³-hybridized carbons (Fsp3) is 0.400. The maximum Gasteiger partial charge on any atom is 0.459 e. The van der Waals surface area contributed by atoms with E-state index in [2.05, 4.69) is 0 Å². The molecule has 0 aromatic carbocycles. The van der Waals surface area contributed by atoms with Gasteiger partial charge in [0, 0.05) is 0 Å². The number of H-pyrrole nitrogens is 2. The zero-order chi connectivity index (χ0) is 11.9. The minimum Gasteiger partial charge on any atom is -0.294 e. The molecule has 0 atom stereocenters. The highest BCUT2D eigenvalue weighted by Gasteiger charge is 2.61. The summed E-state index contributed by atoms with van der Waals surface area (Å²) in [5, 5.41) is 4.49. The predicted molar refractivity (Wildman–Crippen MR) is 36.8 cm³/mol. The van der Waals surface area contributed by atoms with Crippen molar-refractivity contribution >= 4 is 5.69 Å². The monoisotopic (exact) mass is 231 g/mol. The van der Waals surface area contributed by atoms with Gasteiger partial charge in [0.15, 0.2) is 0 Å². The summed E-state index contributed by atoms with van der Waals surface area (Å²) >= 11 is 0. The Morgan fingerprint density at radius 1 is 1.07 bits per heavy atom. The van der Waals surface area contributed by atoms with Gasteiger partial charge in [-0.2, -0.15) is 22.0 Å². The Kier molecular flexibility index (Phi) is 2.37. The smallest absolute Gasteiger partial charge is 0.294 e. The number of rotatable bonds is 2. The molecule has 0 spiro atoms. The largest absolute Gasteiger partial charge is 0.459 e. The van der Waals surface area contributed by atoms with Gasteiger partial charge in [0.25, 0.3) is 5.56 Å². The third kappa shape index (κ3) is 1.62. The van der Waals surface area contributed by atoms with E-state index in [4.69, 9.17) is 0 Å². The molecule has 0 bridgehead atoms. The van der Waals surface area contributed by atoms with Gasteiger partial charge in [-0.1, -0.05) is 0 Å². The van der Waals surface area contributed by atoms with E-state index in [0.717, 1.165) is 0 Å². The molecule has 0 radical (unpaired) electrons. The van der Waals surface area contributed by atoms with Gasteiger partial charge < -0.3 is 0 Å². The zero-order valence-electron chi connectivity index (χ0n) is 6.65. The lowest BCUT2D eigenvalue weighted by molar-refractivity contribution is -0.290. The van der Waals surface area contributed by atoms with E-state index >= 15 is 0 Å². The van der Waals surface area contributed by atoms with Crippen molar-refractivity contribution in [3.8, 4) is 0 Å². The van der Waals surface area contributed by atoms with Crippen molar-refractivity contribution in [2.45, 2.75) is 12.1 Å². The van der Waals surface area contributed by atoms with Crippen LogP contribution < -0.4 is 5.56 Å². The molecule has 5 nitrogen and oxygen atoms in total. The maximum absolute atomic E-state index is 12.6. The van der Waals surface area contributed by atoms with E-state index < -0.39 is 29.0 Å². The van der Waals surface area contributed by atoms with Gasteiger partial charge in [-0.3, -0.25) is 15.0 Å². The molecule has 0 aliphatic rings. The molecule has 0 aliphatic carbocycles. The SMILES string of the molecule is O=Nc1c(C(F)(F)C(F)(F)F)[nH][nH]c1=O. The van der Waals surface area contributed by atoms with Gasteiger partial charge in [-0.05, 0) is 5.18 Å². The molecule has 1 aromatic rings. The normalized spacial score (nSPS) is 12.9. The molecule has 0 amide bonds. The van der Waals surface area contributed by atoms with Gasteiger partial charge in [0.2, 0.25) is 5.69 Å². The zero-order valence-corrected chi connectivity index (χ0v) is 6.65. The van der Waals surface area contributed by atoms with Crippen LogP contribution in [0.5, 0.6) is 0 Å². The van der Waals surface area contributed by atoms with Crippen LogP contribution in [0, 0.1) is 4.91 Å². The van der Waals surface area contributed by atoms with Crippen LogP contribution in [0.1, 0.15) is 5.69 Å². The average Bonchev–Trinajstić information content (AvgIpc) is 2.44. The van der Waals surface area contributed by atoms with Crippen LogP contribution in [0.15, 0.2) is 9.97 Å². The van der Waals surface area contributed by atoms with Crippen molar-refractivity contribution in [2.75, 3.05) is 0 Å². The van der Waals surface area contributed by atoms with E-state index in [1.807, 2.05) is 0 Å². The van der Waals surface area contributed by atoms with Crippen LogP contribution in [-0.4, -0.2) is 16.4 Å². The number of hydrogen-bond acceptors (Lipinski definition) is 3. The van der Waals surface area contributed by atoms with Crippen molar-refractivity contribution in [3.05, 3.63) is 21.0 Å². The van der Waals surface area contributed by atoms with Gasteiger partial charge in [-0.25, -0.2) is 0 Å². The summed E-state index contributed by atoms with van der Waals surface area (Å²) in [6, 6.07) is 0. The first-order valence-corrected chi connectivity index (χ1v) is 3.31. The Bertz CT molecular complexity index is 431. The Morgan fingerprint density at radius 3 is 2.00 bits per heavy atom. The highest BCUT2D eigenvalue weighted by molar-refractivity contribution is 5.42. The van der Waals surface area contributed by atoms with Crippen LogP contribution in [0.4, 0.5) is 27.6 Å². The van der Waals surface area contributed by atoms with E-state index in [1.165, 1.54) is 10.2 Å². The Morgan fingerprint density at radius 2 is 1.60 bits per heavy atom. The first kappa shape index (κ1) is 11.3. The first-order valence-electron chi connectivity index (χ1n) is 3.31. The van der Waals surface area contributed by atoms with E-state index in [9.17, 15) is 31.7 Å². The highest BCUT2D eigenvalue weighted by atomic mass is 19.4. The summed E-state index contributed by atoms with van der Waals surface area (Å²) < 4.78 is 60.7. The van der Waals surface area contributed by atoms with Gasteiger partial charge >= 0.3 is 12.1 Å². The molecule has 84 valence electrons. The summed E-state index contributed by atoms with van der Waals surface area (Å²) in [4.78, 5) is 20.5. The number of aromatic nitrogens is 2. The summed E-state index contributed by atoms with van der Waals surface area (Å²) in [7, 11) is 0. The van der Waals surface area contributed by atoms with Crippen molar-refractivity contribution in [3.63, 3.8) is 0 Å². The van der Waals surface area contributed by atoms with Crippen LogP contribution in [0.25, 0.3) is 0 Å². The molecular weight excluding hydrogens is 229 g/mol. The second-order valence-corrected chi connectivity index (χ2v) is 2.47. The third-order valence-corrected chi connectivity index (χ3v) is 1.51. The van der Waals surface area contributed by atoms with E-state index in [0.29, 0.717) is 0 Å². The molecule has 0 aliphatic heterocycles. The van der Waals surface area contributed by atoms with Crippen molar-refractivity contribution in [1.82, 2.24) is 10.2 Å². The molecule has 0 saturated carbocycles. The summed E-state index contributed by atoms with van der Waals surface area (Å²) in [5.74, 6) is -5.34. The number of hydrogen-bond donors (Lipinski definition) is 2. The second-order valence-electron chi connectivity index (χ2n) is 2.47. The minimum atomic E-state index is -5.92. The molecule has 15 heavy (non-hydrogen) atoms. The molecular formula is C5H2F5N3O2. The minimum absolute atomic E-state index is 1.27. The lowest BCUT2D eigenvalue weighted by Crippen LogP contribution is -2.34. The lowest BCUT2D eigenvalue weighted by Gasteiger charge is -2.17. The Labute approximate surface area is 77.2 Å². The van der Waals surface area contributed by atoms with Gasteiger partial charge in [-0.15, -0.1) is 4.91 Å². The molecule has 10 heteroatoms. The first-order chi connectivity index (χ1) is 6.71. The van der Waals surface area contributed by atoms with Crippen LogP contribution in [-0.2, 0) is 5.92 Å². The van der Waals surface area contributed by atoms with Crippen LogP contribution in [0.3, 0.4) is 0 Å². The van der Waals surface area contributed by atoms with Crippen molar-refractivity contribution in [1.29, 1.82) is 0 Å². The topological polar surface area (TPSA) is 78.1 Å². The average molecular weight is 231 g/mol. The van der Waals surface area contributed by atoms with E-state index in [1.54, 1.807) is 5.18 Å². The molecule has 1 aromatic heterocycles. The summed E-state index contributed by atoms with van der Waals surface area (Å²) in [5.41, 5.74) is -4.85. The Hall–Kier alpha value is -1.74. The van der Waals surface area contributed by atoms with Crippen molar-refractivity contribution in [2.24, 2.45) is 5.18 Å². The number of nitrogens with one attached hydrogen (secondary N) is 2. The van der Waals surface area contributed by atoms with Crippen molar-refractivity contribution < 1.29 is 22.0 Å². The van der Waals surface area contributed by atoms with Gasteiger partial charge in [0.1, 0.15) is 5.69 Å². The fourth-order valence-electron chi connectivity index (χ4n) is 0.807. The third-order valence-electron chi connectivity index (χ3n) is 1.51. The number of nitroso groups, excluding NO2 is 1. The molecule has 0 fully saturated rings. The van der Waals surface area contributed by atoms with Crippen LogP contribution in [0.2, 0.25) is 0 Å². The standard InChI is InChI=1S/C5H2F5N3O2/c6-4(7,5(8,9)10)2-1(13-15)3(14)12-11-2/h(H2,11,12,14). The Balaban J connectivity index is 3.39. The summed E-state index contributed by atoms with van der Waals surface area (Å²) in [6.45, 7) is 0. The lowest BCUT2D eigenvalue weighted by atomic mass is 10.2. The number of nitrogens with zero attached hydrogens (tertiary/aromatic N) is 1. The molecule has 0 unspecified atom stereocenters. The number of halogens is 5. The van der Waals surface area contributed by atoms with E-state index in [-0.39, 0.29) is 0 Å². The molecule has 2 N–H and O–H groups in total. The van der Waals surface area contributed by atoms with Crippen LogP contribution >= 0.6 is 0 Å². The number of aromatic amines is 2. The molecule has 1 heterocycles. The maximum atomic E-state index is 12.6. The fourth-order valence-corrected chi connectivity index (χ4v) is 0.807. The highest BCUT2D eigenvalue weighted by Crippen LogP contribution is 2.45. The molecule has 0 saturated heterocycles. The predicted octanol–water partition coefficient (Wildman–Crippen LogP) is 1.75. The number of alkyl halides is 5. The van der Waals surface area contributed by atoms with Gasteiger partial charge in [0.05, 0.1) is 0 Å². The summed E-state index contributed by atoms with van der Waals surface area (Å²) in [6.07, 6.45) is -5.92. The second kappa shape index (κ2) is 3.14.